The van der Waals surface area contributed by atoms with E-state index in [0.29, 0.717) is 6.54 Å². The monoisotopic (exact) mass is 575 g/mol. The fourth-order valence-electron chi connectivity index (χ4n) is 3.11. The molecular weight excluding hydrogens is 548 g/mol. The minimum atomic E-state index is -5.08. The Labute approximate surface area is 217 Å². The predicted octanol–water partition coefficient (Wildman–Crippen LogP) is 3.21. The van der Waals surface area contributed by atoms with E-state index in [0.717, 1.165) is 62.2 Å². The molecule has 3 heterocycles. The number of aliphatic carboxylic acids is 2. The fraction of sp³-hybridized carbons (Fsp3) is 0.571. The molecule has 0 radical (unpaired) electrons. The first-order valence-electron chi connectivity index (χ1n) is 11.1. The average Bonchev–Trinajstić information content (AvgIpc) is 3.22. The lowest BCUT2D eigenvalue weighted by Gasteiger charge is -2.20. The summed E-state index contributed by atoms with van der Waals surface area (Å²) in [6, 6.07) is 1.71. The van der Waals surface area contributed by atoms with Crippen molar-refractivity contribution in [2.75, 3.05) is 19.6 Å². The van der Waals surface area contributed by atoms with E-state index in [-0.39, 0.29) is 5.56 Å². The molecule has 0 unspecified atom stereocenters. The zero-order valence-corrected chi connectivity index (χ0v) is 21.2. The van der Waals surface area contributed by atoms with Crippen molar-refractivity contribution in [1.82, 2.24) is 24.3 Å². The van der Waals surface area contributed by atoms with Crippen LogP contribution in [0.4, 0.5) is 26.3 Å². The Kier molecular flexibility index (Phi) is 12.8. The molecule has 0 saturated heterocycles. The number of rotatable bonds is 6. The molecule has 0 amide bonds. The van der Waals surface area contributed by atoms with Gasteiger partial charge in [0.1, 0.15) is 10.8 Å². The maximum absolute atomic E-state index is 12.5. The van der Waals surface area contributed by atoms with Crippen LogP contribution < -0.4 is 5.56 Å². The summed E-state index contributed by atoms with van der Waals surface area (Å²) in [7, 11) is 0. The number of hydrogen-bond acceptors (Lipinski definition) is 8. The molecule has 2 N–H and O–H groups in total. The van der Waals surface area contributed by atoms with Crippen molar-refractivity contribution < 1.29 is 46.1 Å². The Morgan fingerprint density at radius 2 is 1.61 bits per heavy atom. The number of halogens is 6. The zero-order chi connectivity index (χ0) is 29.1. The Morgan fingerprint density at radius 1 is 1.05 bits per heavy atom. The average molecular weight is 576 g/mol. The summed E-state index contributed by atoms with van der Waals surface area (Å²) < 4.78 is 65.3. The van der Waals surface area contributed by atoms with Gasteiger partial charge in [0.15, 0.2) is 0 Å². The van der Waals surface area contributed by atoms with Crippen LogP contribution in [0.25, 0.3) is 0 Å². The summed E-state index contributed by atoms with van der Waals surface area (Å²) in [5.74, 6) is -4.63. The molecule has 2 aromatic rings. The number of carbonyl (C=O) groups is 2. The predicted molar refractivity (Wildman–Crippen MR) is 123 cm³/mol. The molecule has 0 spiro atoms. The largest absolute Gasteiger partial charge is 0.490 e. The lowest BCUT2D eigenvalue weighted by atomic mass is 10.3. The van der Waals surface area contributed by atoms with Gasteiger partial charge in [0.05, 0.1) is 18.8 Å². The van der Waals surface area contributed by atoms with E-state index < -0.39 is 24.3 Å². The second kappa shape index (κ2) is 14.8. The van der Waals surface area contributed by atoms with Crippen LogP contribution in [0.5, 0.6) is 0 Å². The van der Waals surface area contributed by atoms with Gasteiger partial charge in [-0.3, -0.25) is 19.2 Å². The molecule has 0 fully saturated rings. The molecule has 0 atom stereocenters. The molecular formula is C21H27F6N5O5S. The van der Waals surface area contributed by atoms with E-state index in [1.807, 2.05) is 16.1 Å². The lowest BCUT2D eigenvalue weighted by Crippen LogP contribution is -2.30. The van der Waals surface area contributed by atoms with Crippen LogP contribution in [-0.2, 0) is 35.8 Å². The quantitative estimate of drug-likeness (QED) is 0.499. The standard InChI is InChI=1S/C17H25N5OS.2C2HF3O2/c1-3-20(4-2)11-14-10-17(23)22-8-5-7-21(12-15(22)19-14)13-16-18-6-9-24-16;2*3-2(4,5)1(6)7/h6,9-10H,3-5,7-8,11-13H2,1-2H3;2*(H,6,7). The van der Waals surface area contributed by atoms with Gasteiger partial charge in [0.2, 0.25) is 0 Å². The van der Waals surface area contributed by atoms with Crippen LogP contribution in [0.3, 0.4) is 0 Å². The third kappa shape index (κ3) is 11.6. The van der Waals surface area contributed by atoms with E-state index in [1.165, 1.54) is 0 Å². The van der Waals surface area contributed by atoms with Crippen molar-refractivity contribution in [3.63, 3.8) is 0 Å². The number of aromatic nitrogens is 3. The SMILES string of the molecule is CCN(CC)Cc1cc(=O)n2c(n1)CN(Cc1nccs1)CCC2.O=C(O)C(F)(F)F.O=C(O)C(F)(F)F. The normalized spacial score (nSPS) is 13.9. The van der Waals surface area contributed by atoms with Crippen LogP contribution in [0.15, 0.2) is 22.4 Å². The molecule has 0 aromatic carbocycles. The molecule has 1 aliphatic rings. The topological polar surface area (TPSA) is 129 Å². The number of nitrogens with zero attached hydrogens (tertiary/aromatic N) is 5. The number of thiazole rings is 1. The summed E-state index contributed by atoms with van der Waals surface area (Å²) in [5, 5.41) is 17.4. The molecule has 2 aromatic heterocycles. The van der Waals surface area contributed by atoms with Crippen LogP contribution in [0.1, 0.15) is 36.8 Å². The summed E-state index contributed by atoms with van der Waals surface area (Å²) in [5.41, 5.74) is 0.962. The molecule has 10 nitrogen and oxygen atoms in total. The Balaban J connectivity index is 0.000000426. The van der Waals surface area contributed by atoms with Crippen molar-refractivity contribution in [2.24, 2.45) is 0 Å². The van der Waals surface area contributed by atoms with E-state index in [4.69, 9.17) is 24.8 Å². The Hall–Kier alpha value is -3.05. The molecule has 214 valence electrons. The van der Waals surface area contributed by atoms with Crippen molar-refractivity contribution in [2.45, 2.75) is 58.8 Å². The van der Waals surface area contributed by atoms with Gasteiger partial charge in [0, 0.05) is 37.3 Å². The molecule has 0 aliphatic carbocycles. The van der Waals surface area contributed by atoms with Gasteiger partial charge >= 0.3 is 24.3 Å². The van der Waals surface area contributed by atoms with Gasteiger partial charge in [0.25, 0.3) is 5.56 Å². The molecule has 3 rings (SSSR count). The van der Waals surface area contributed by atoms with Crippen molar-refractivity contribution in [3.8, 4) is 0 Å². The smallest absolute Gasteiger partial charge is 0.475 e. The molecule has 1 aliphatic heterocycles. The Bertz CT molecular complexity index is 1060. The Morgan fingerprint density at radius 3 is 2.05 bits per heavy atom. The second-order valence-corrected chi connectivity index (χ2v) is 8.69. The highest BCUT2D eigenvalue weighted by Gasteiger charge is 2.38. The minimum absolute atomic E-state index is 0.0817. The number of hydrogen-bond donors (Lipinski definition) is 2. The number of fused-ring (bicyclic) bond motifs is 1. The van der Waals surface area contributed by atoms with Crippen molar-refractivity contribution in [1.29, 1.82) is 0 Å². The van der Waals surface area contributed by atoms with Gasteiger partial charge in [-0.05, 0) is 19.5 Å². The highest BCUT2D eigenvalue weighted by molar-refractivity contribution is 7.09. The highest BCUT2D eigenvalue weighted by Crippen LogP contribution is 2.15. The molecule has 17 heteroatoms. The van der Waals surface area contributed by atoms with E-state index in [1.54, 1.807) is 17.4 Å². The maximum atomic E-state index is 12.5. The number of carboxylic acid groups (broad SMARTS) is 2. The first-order valence-corrected chi connectivity index (χ1v) is 12.0. The van der Waals surface area contributed by atoms with Crippen molar-refractivity contribution >= 4 is 23.3 Å². The zero-order valence-electron chi connectivity index (χ0n) is 20.4. The third-order valence-electron chi connectivity index (χ3n) is 4.97. The third-order valence-corrected chi connectivity index (χ3v) is 5.73. The van der Waals surface area contributed by atoms with Gasteiger partial charge < -0.3 is 10.2 Å². The first-order chi connectivity index (χ1) is 17.6. The fourth-order valence-corrected chi connectivity index (χ4v) is 3.77. The summed E-state index contributed by atoms with van der Waals surface area (Å²) in [4.78, 5) is 44.1. The first kappa shape index (κ1) is 33.0. The van der Waals surface area contributed by atoms with Gasteiger partial charge in [-0.2, -0.15) is 26.3 Å². The molecule has 0 bridgehead atoms. The van der Waals surface area contributed by atoms with Gasteiger partial charge in [-0.15, -0.1) is 11.3 Å². The van der Waals surface area contributed by atoms with Crippen molar-refractivity contribution in [3.05, 3.63) is 44.5 Å². The van der Waals surface area contributed by atoms with Crippen LogP contribution in [-0.4, -0.2) is 78.5 Å². The van der Waals surface area contributed by atoms with E-state index in [9.17, 15) is 31.1 Å². The minimum Gasteiger partial charge on any atom is -0.475 e. The second-order valence-electron chi connectivity index (χ2n) is 7.71. The lowest BCUT2D eigenvalue weighted by molar-refractivity contribution is -0.193. The molecule has 0 saturated carbocycles. The van der Waals surface area contributed by atoms with Crippen LogP contribution >= 0.6 is 11.3 Å². The highest BCUT2D eigenvalue weighted by atomic mass is 32.1. The van der Waals surface area contributed by atoms with E-state index >= 15 is 0 Å². The molecule has 38 heavy (non-hydrogen) atoms. The van der Waals surface area contributed by atoms with Gasteiger partial charge in [-0.1, -0.05) is 13.8 Å². The van der Waals surface area contributed by atoms with Gasteiger partial charge in [-0.25, -0.2) is 19.6 Å². The summed E-state index contributed by atoms with van der Waals surface area (Å²) in [6.45, 7) is 10.2. The van der Waals surface area contributed by atoms with E-state index in [2.05, 4.69) is 28.6 Å². The summed E-state index contributed by atoms with van der Waals surface area (Å²) >= 11 is 1.68. The maximum Gasteiger partial charge on any atom is 0.490 e. The number of alkyl halides is 6. The number of carboxylic acids is 2. The van der Waals surface area contributed by atoms with Crippen LogP contribution in [0, 0.1) is 0 Å². The van der Waals surface area contributed by atoms with Crippen LogP contribution in [0.2, 0.25) is 0 Å². The summed E-state index contributed by atoms with van der Waals surface area (Å²) in [6.07, 6.45) is -7.36.